The maximum atomic E-state index is 12.8. The molecule has 8 nitrogen and oxygen atoms in total. The molecule has 0 saturated heterocycles. The lowest BCUT2D eigenvalue weighted by molar-refractivity contribution is -0.274. The second kappa shape index (κ2) is 11.8. The molecule has 0 spiro atoms. The highest BCUT2D eigenvalue weighted by molar-refractivity contribution is 6.19. The third kappa shape index (κ3) is 7.17. The number of ether oxygens (including phenoxy) is 2. The molecule has 1 amide bonds. The van der Waals surface area contributed by atoms with Crippen LogP contribution in [0.25, 0.3) is 0 Å². The van der Waals surface area contributed by atoms with Crippen LogP contribution in [0.15, 0.2) is 88.8 Å². The van der Waals surface area contributed by atoms with Crippen molar-refractivity contribution in [2.45, 2.75) is 26.4 Å². The fourth-order valence-corrected chi connectivity index (χ4v) is 3.28. The summed E-state index contributed by atoms with van der Waals surface area (Å²) in [5, 5.41) is 10.8. The fourth-order valence-electron chi connectivity index (χ4n) is 3.28. The Bertz CT molecular complexity index is 1310. The number of fused-ring (bicyclic) bond motifs is 1. The molecule has 37 heavy (non-hydrogen) atoms. The van der Waals surface area contributed by atoms with Crippen LogP contribution in [0.2, 0.25) is 0 Å². The lowest BCUT2D eigenvalue weighted by atomic mass is 10.0. The highest BCUT2D eigenvalue weighted by Crippen LogP contribution is 2.25. The number of aliphatic imine (C=N–C) groups is 2. The number of nitrogens with one attached hydrogen (secondary N) is 2. The van der Waals surface area contributed by atoms with E-state index in [1.807, 2.05) is 56.3 Å². The Morgan fingerprint density at radius 1 is 1.00 bits per heavy atom. The first-order valence-corrected chi connectivity index (χ1v) is 11.2. The van der Waals surface area contributed by atoms with Gasteiger partial charge in [-0.25, -0.2) is 4.99 Å². The summed E-state index contributed by atoms with van der Waals surface area (Å²) in [6.07, 6.45) is -6.14. The first-order valence-electron chi connectivity index (χ1n) is 11.2. The Hall–Kier alpha value is -4.67. The molecule has 0 aliphatic carbocycles. The number of benzodiazepines with no additional fused rings is 1. The molecule has 11 heteroatoms. The second-order valence-corrected chi connectivity index (χ2v) is 7.22. The van der Waals surface area contributed by atoms with E-state index in [0.717, 1.165) is 17.7 Å². The normalized spacial score (nSPS) is 15.2. The maximum Gasteiger partial charge on any atom is 0.573 e. The van der Waals surface area contributed by atoms with Gasteiger partial charge in [0.15, 0.2) is 0 Å². The van der Waals surface area contributed by atoms with Gasteiger partial charge < -0.3 is 20.5 Å². The van der Waals surface area contributed by atoms with Crippen LogP contribution in [-0.2, 0) is 9.53 Å². The van der Waals surface area contributed by atoms with Gasteiger partial charge in [0.1, 0.15) is 5.75 Å². The summed E-state index contributed by atoms with van der Waals surface area (Å²) >= 11 is 0. The Morgan fingerprint density at radius 3 is 2.27 bits per heavy atom. The standard InChI is InChI=1S/C24H18F3N5O3.C2H6/c25-24(26,27)35-16-12-10-15(11-13-16)20(28)34-23(29)32-21-22(33)30-18-9-5-4-8-17(18)19(31-21)14-6-2-1-3-7-14;1-2/h1-13,21,28H,(H2,29,32)(H,30,33);1-2H3. The highest BCUT2D eigenvalue weighted by Gasteiger charge is 2.31. The predicted molar refractivity (Wildman–Crippen MR) is 135 cm³/mol. The van der Waals surface area contributed by atoms with Crippen molar-refractivity contribution in [3.63, 3.8) is 0 Å². The number of carbonyl (C=O) groups excluding carboxylic acids is 1. The van der Waals surface area contributed by atoms with Crippen molar-refractivity contribution in [1.29, 1.82) is 5.41 Å². The summed E-state index contributed by atoms with van der Waals surface area (Å²) in [5.41, 5.74) is 8.44. The topological polar surface area (TPSA) is 122 Å². The van der Waals surface area contributed by atoms with Gasteiger partial charge in [0.05, 0.1) is 11.4 Å². The molecular weight excluding hydrogens is 487 g/mol. The number of alkyl halides is 3. The maximum absolute atomic E-state index is 12.8. The third-order valence-corrected chi connectivity index (χ3v) is 4.78. The molecule has 4 rings (SSSR count). The number of nitrogens with zero attached hydrogens (tertiary/aromatic N) is 2. The van der Waals surface area contributed by atoms with Crippen molar-refractivity contribution in [3.05, 3.63) is 95.6 Å². The van der Waals surface area contributed by atoms with Crippen molar-refractivity contribution < 1.29 is 27.4 Å². The molecule has 4 N–H and O–H groups in total. The second-order valence-electron chi connectivity index (χ2n) is 7.22. The third-order valence-electron chi connectivity index (χ3n) is 4.78. The lowest BCUT2D eigenvalue weighted by Crippen LogP contribution is -2.29. The molecule has 1 aliphatic heterocycles. The smallest absolute Gasteiger partial charge is 0.407 e. The van der Waals surface area contributed by atoms with Gasteiger partial charge in [-0.3, -0.25) is 10.2 Å². The van der Waals surface area contributed by atoms with Crippen LogP contribution in [0.1, 0.15) is 30.5 Å². The largest absolute Gasteiger partial charge is 0.573 e. The van der Waals surface area contributed by atoms with E-state index in [0.29, 0.717) is 17.0 Å². The average molecular weight is 512 g/mol. The number of hydrogen-bond acceptors (Lipinski definition) is 6. The van der Waals surface area contributed by atoms with Crippen LogP contribution >= 0.6 is 0 Å². The van der Waals surface area contributed by atoms with Crippen molar-refractivity contribution in [2.24, 2.45) is 15.7 Å². The first-order chi connectivity index (χ1) is 17.7. The SMILES string of the molecule is CC.N=C(O/C(N)=N/C1N=C(c2ccccc2)c2ccccc2NC1=O)c1ccc(OC(F)(F)F)cc1. The molecule has 0 saturated carbocycles. The summed E-state index contributed by atoms with van der Waals surface area (Å²) in [6, 6.07) is 20.3. The summed E-state index contributed by atoms with van der Waals surface area (Å²) in [7, 11) is 0. The number of benzene rings is 3. The molecule has 3 aromatic carbocycles. The Balaban J connectivity index is 0.00000186. The van der Waals surface area contributed by atoms with Crippen LogP contribution in [0.4, 0.5) is 18.9 Å². The van der Waals surface area contributed by atoms with Crippen LogP contribution in [0, 0.1) is 5.41 Å². The van der Waals surface area contributed by atoms with Gasteiger partial charge in [0, 0.05) is 16.7 Å². The van der Waals surface area contributed by atoms with Crippen LogP contribution < -0.4 is 15.8 Å². The molecule has 1 heterocycles. The molecule has 1 atom stereocenters. The zero-order valence-corrected chi connectivity index (χ0v) is 19.9. The van der Waals surface area contributed by atoms with E-state index in [1.165, 1.54) is 12.1 Å². The van der Waals surface area contributed by atoms with E-state index in [9.17, 15) is 18.0 Å². The van der Waals surface area contributed by atoms with Crippen molar-refractivity contribution in [2.75, 3.05) is 5.32 Å². The molecule has 0 bridgehead atoms. The molecule has 192 valence electrons. The van der Waals surface area contributed by atoms with E-state index in [2.05, 4.69) is 20.0 Å². The Kier molecular flexibility index (Phi) is 8.62. The van der Waals surface area contributed by atoms with E-state index < -0.39 is 36.1 Å². The van der Waals surface area contributed by atoms with E-state index in [4.69, 9.17) is 15.9 Å². The zero-order chi connectivity index (χ0) is 27.0. The number of para-hydroxylation sites is 1. The van der Waals surface area contributed by atoms with Gasteiger partial charge in [-0.2, -0.15) is 4.99 Å². The first kappa shape index (κ1) is 26.9. The average Bonchev–Trinajstić information content (AvgIpc) is 3.01. The van der Waals surface area contributed by atoms with Crippen LogP contribution in [0.5, 0.6) is 5.75 Å². The van der Waals surface area contributed by atoms with Crippen LogP contribution in [-0.4, -0.2) is 36.1 Å². The van der Waals surface area contributed by atoms with Gasteiger partial charge in [-0.15, -0.1) is 13.2 Å². The number of nitrogens with two attached hydrogens (primary N) is 1. The molecular formula is C26H24F3N5O3. The number of anilines is 1. The Labute approximate surface area is 211 Å². The fraction of sp³-hybridized carbons (Fsp3) is 0.154. The molecule has 0 fully saturated rings. The molecule has 1 unspecified atom stereocenters. The summed E-state index contributed by atoms with van der Waals surface area (Å²) in [6.45, 7) is 4.00. The van der Waals surface area contributed by atoms with E-state index in [-0.39, 0.29) is 5.56 Å². The van der Waals surface area contributed by atoms with Gasteiger partial charge in [-0.05, 0) is 30.3 Å². The number of halogens is 3. The van der Waals surface area contributed by atoms with Crippen molar-refractivity contribution in [1.82, 2.24) is 0 Å². The minimum Gasteiger partial charge on any atom is -0.407 e. The zero-order valence-electron chi connectivity index (χ0n) is 19.9. The van der Waals surface area contributed by atoms with E-state index in [1.54, 1.807) is 12.1 Å². The monoisotopic (exact) mass is 511 g/mol. The quantitative estimate of drug-likeness (QED) is 0.334. The number of amides is 1. The van der Waals surface area contributed by atoms with Crippen molar-refractivity contribution >= 4 is 29.2 Å². The van der Waals surface area contributed by atoms with Crippen molar-refractivity contribution in [3.8, 4) is 5.75 Å². The highest BCUT2D eigenvalue weighted by atomic mass is 19.4. The number of amidine groups is 1. The molecule has 0 radical (unpaired) electrons. The minimum absolute atomic E-state index is 0.115. The molecule has 1 aliphatic rings. The van der Waals surface area contributed by atoms with Gasteiger partial charge >= 0.3 is 6.36 Å². The number of rotatable bonds is 4. The predicted octanol–water partition coefficient (Wildman–Crippen LogP) is 5.08. The molecule has 3 aromatic rings. The lowest BCUT2D eigenvalue weighted by Gasteiger charge is -2.11. The summed E-state index contributed by atoms with van der Waals surface area (Å²) < 4.78 is 45.9. The minimum atomic E-state index is -4.83. The van der Waals surface area contributed by atoms with Gasteiger partial charge in [0.25, 0.3) is 11.9 Å². The molecule has 0 aromatic heterocycles. The van der Waals surface area contributed by atoms with Gasteiger partial charge in [0.2, 0.25) is 12.1 Å². The Morgan fingerprint density at radius 2 is 1.62 bits per heavy atom. The number of hydrogen-bond donors (Lipinski definition) is 3. The number of carbonyl (C=O) groups is 1. The summed E-state index contributed by atoms with van der Waals surface area (Å²) in [4.78, 5) is 21.3. The van der Waals surface area contributed by atoms with E-state index >= 15 is 0 Å². The van der Waals surface area contributed by atoms with Gasteiger partial charge in [-0.1, -0.05) is 62.4 Å². The van der Waals surface area contributed by atoms with Crippen LogP contribution in [0.3, 0.4) is 0 Å². The summed E-state index contributed by atoms with van der Waals surface area (Å²) in [5.74, 6) is -1.50.